The number of nitrogens with zero attached hydrogens (tertiary/aromatic N) is 1. The summed E-state index contributed by atoms with van der Waals surface area (Å²) in [5.74, 6) is 0.274. The molecule has 0 radical (unpaired) electrons. The molecule has 0 heterocycles. The summed E-state index contributed by atoms with van der Waals surface area (Å²) in [4.78, 5) is 24.6. The summed E-state index contributed by atoms with van der Waals surface area (Å²) in [6, 6.07) is 0.0257. The van der Waals surface area contributed by atoms with E-state index in [0.29, 0.717) is 18.4 Å². The molecular weight excluding hydrogens is 256 g/mol. The van der Waals surface area contributed by atoms with Crippen molar-refractivity contribution in [2.24, 2.45) is 11.8 Å². The first-order valence-corrected chi connectivity index (χ1v) is 7.85. The minimum absolute atomic E-state index is 0.188. The van der Waals surface area contributed by atoms with Crippen molar-refractivity contribution in [1.29, 1.82) is 0 Å². The van der Waals surface area contributed by atoms with Crippen molar-refractivity contribution >= 4 is 12.0 Å². The highest BCUT2D eigenvalue weighted by atomic mass is 16.4. The highest BCUT2D eigenvalue weighted by molar-refractivity contribution is 5.80. The molecule has 2 unspecified atom stereocenters. The molecule has 0 aromatic rings. The molecule has 0 bridgehead atoms. The van der Waals surface area contributed by atoms with E-state index in [0.717, 1.165) is 38.5 Å². The number of hydrogen-bond acceptors (Lipinski definition) is 2. The fourth-order valence-electron chi connectivity index (χ4n) is 3.05. The monoisotopic (exact) mass is 282 g/mol. The maximum Gasteiger partial charge on any atom is 0.323 e. The van der Waals surface area contributed by atoms with Gasteiger partial charge in [0, 0.05) is 12.6 Å². The highest BCUT2D eigenvalue weighted by Gasteiger charge is 2.29. The lowest BCUT2D eigenvalue weighted by molar-refractivity contribution is -0.137. The zero-order chi connectivity index (χ0) is 14.5. The molecule has 5 nitrogen and oxygen atoms in total. The maximum absolute atomic E-state index is 12.3. The fraction of sp³-hybridized carbons (Fsp3) is 0.867. The second kappa shape index (κ2) is 6.95. The number of rotatable bonds is 6. The number of aliphatic carboxylic acids is 1. The third-order valence-electron chi connectivity index (χ3n) is 4.48. The standard InChI is InChI=1S/C15H26N2O3/c1-2-11-4-3-5-13(8-11)16-15(20)17(10-14(18)19)9-12-6-7-12/h11-13H,2-10H2,1H3,(H,16,20)(H,18,19). The molecular formula is C15H26N2O3. The van der Waals surface area contributed by atoms with Crippen molar-refractivity contribution in [2.75, 3.05) is 13.1 Å². The van der Waals surface area contributed by atoms with Crippen LogP contribution >= 0.6 is 0 Å². The molecule has 0 spiro atoms. The van der Waals surface area contributed by atoms with Crippen LogP contribution < -0.4 is 5.32 Å². The molecule has 2 aliphatic carbocycles. The van der Waals surface area contributed by atoms with Gasteiger partial charge in [0.1, 0.15) is 6.54 Å². The normalized spacial score (nSPS) is 26.1. The number of nitrogens with one attached hydrogen (secondary N) is 1. The van der Waals surface area contributed by atoms with E-state index in [1.807, 2.05) is 0 Å². The molecule has 2 atom stereocenters. The lowest BCUT2D eigenvalue weighted by Crippen LogP contribution is -2.48. The largest absolute Gasteiger partial charge is 0.480 e. The van der Waals surface area contributed by atoms with Crippen LogP contribution in [0.1, 0.15) is 51.9 Å². The molecule has 2 rings (SSSR count). The first-order chi connectivity index (χ1) is 9.58. The Kier molecular flexibility index (Phi) is 5.26. The molecule has 2 N–H and O–H groups in total. The Morgan fingerprint density at radius 2 is 1.95 bits per heavy atom. The van der Waals surface area contributed by atoms with E-state index in [1.165, 1.54) is 11.3 Å². The van der Waals surface area contributed by atoms with Gasteiger partial charge in [-0.25, -0.2) is 4.79 Å². The molecule has 2 amide bonds. The van der Waals surface area contributed by atoms with Gasteiger partial charge in [-0.2, -0.15) is 0 Å². The molecule has 5 heteroatoms. The van der Waals surface area contributed by atoms with Crippen LogP contribution in [0.2, 0.25) is 0 Å². The van der Waals surface area contributed by atoms with E-state index in [1.54, 1.807) is 0 Å². The van der Waals surface area contributed by atoms with Gasteiger partial charge in [0.05, 0.1) is 0 Å². The molecule has 0 aliphatic heterocycles. The number of carboxylic acids is 1. The molecule has 0 saturated heterocycles. The Labute approximate surface area is 120 Å². The van der Waals surface area contributed by atoms with Gasteiger partial charge in [-0.15, -0.1) is 0 Å². The lowest BCUT2D eigenvalue weighted by atomic mass is 9.84. The van der Waals surface area contributed by atoms with E-state index < -0.39 is 5.97 Å². The Balaban J connectivity index is 1.84. The fourth-order valence-corrected chi connectivity index (χ4v) is 3.05. The van der Waals surface area contributed by atoms with Crippen molar-refractivity contribution in [3.05, 3.63) is 0 Å². The summed E-state index contributed by atoms with van der Waals surface area (Å²) in [6.07, 6.45) is 7.86. The van der Waals surface area contributed by atoms with Crippen LogP contribution in [0.15, 0.2) is 0 Å². The predicted octanol–water partition coefficient (Wildman–Crippen LogP) is 2.46. The van der Waals surface area contributed by atoms with Crippen molar-refractivity contribution in [1.82, 2.24) is 10.2 Å². The van der Waals surface area contributed by atoms with Gasteiger partial charge in [-0.3, -0.25) is 4.79 Å². The van der Waals surface area contributed by atoms with Gasteiger partial charge in [0.25, 0.3) is 0 Å². The minimum atomic E-state index is -0.934. The van der Waals surface area contributed by atoms with E-state index in [2.05, 4.69) is 12.2 Å². The summed E-state index contributed by atoms with van der Waals surface area (Å²) in [5, 5.41) is 12.0. The Bertz CT molecular complexity index is 355. The van der Waals surface area contributed by atoms with Crippen molar-refractivity contribution < 1.29 is 14.7 Å². The van der Waals surface area contributed by atoms with Crippen LogP contribution in [0, 0.1) is 11.8 Å². The quantitative estimate of drug-likeness (QED) is 0.786. The Morgan fingerprint density at radius 1 is 1.20 bits per heavy atom. The lowest BCUT2D eigenvalue weighted by Gasteiger charge is -2.31. The summed E-state index contributed by atoms with van der Waals surface area (Å²) in [7, 11) is 0. The van der Waals surface area contributed by atoms with Crippen LogP contribution in [0.3, 0.4) is 0 Å². The molecule has 2 fully saturated rings. The molecule has 0 aromatic heterocycles. The third kappa shape index (κ3) is 4.69. The Hall–Kier alpha value is -1.26. The summed E-state index contributed by atoms with van der Waals surface area (Å²) >= 11 is 0. The van der Waals surface area contributed by atoms with E-state index >= 15 is 0 Å². The summed E-state index contributed by atoms with van der Waals surface area (Å²) < 4.78 is 0. The van der Waals surface area contributed by atoms with Crippen LogP contribution in [0.25, 0.3) is 0 Å². The van der Waals surface area contributed by atoms with Gasteiger partial charge < -0.3 is 15.3 Å². The van der Waals surface area contributed by atoms with Crippen LogP contribution in [0.5, 0.6) is 0 Å². The zero-order valence-corrected chi connectivity index (χ0v) is 12.3. The molecule has 2 saturated carbocycles. The van der Waals surface area contributed by atoms with Gasteiger partial charge >= 0.3 is 12.0 Å². The van der Waals surface area contributed by atoms with Crippen molar-refractivity contribution in [3.8, 4) is 0 Å². The second-order valence-corrected chi connectivity index (χ2v) is 6.30. The molecule has 20 heavy (non-hydrogen) atoms. The number of amides is 2. The molecule has 2 aliphatic rings. The summed E-state index contributed by atoms with van der Waals surface area (Å²) in [6.45, 7) is 2.59. The minimum Gasteiger partial charge on any atom is -0.480 e. The van der Waals surface area contributed by atoms with Gasteiger partial charge in [0.15, 0.2) is 0 Å². The number of carboxylic acid groups (broad SMARTS) is 1. The SMILES string of the molecule is CCC1CCCC(NC(=O)N(CC(=O)O)CC2CC2)C1. The maximum atomic E-state index is 12.3. The first-order valence-electron chi connectivity index (χ1n) is 7.85. The van der Waals surface area contributed by atoms with E-state index in [9.17, 15) is 9.59 Å². The number of urea groups is 1. The van der Waals surface area contributed by atoms with Gasteiger partial charge in [0.2, 0.25) is 0 Å². The topological polar surface area (TPSA) is 69.6 Å². The molecule has 114 valence electrons. The van der Waals surface area contributed by atoms with E-state index in [-0.39, 0.29) is 18.6 Å². The van der Waals surface area contributed by atoms with Gasteiger partial charge in [-0.05, 0) is 37.5 Å². The Morgan fingerprint density at radius 3 is 2.55 bits per heavy atom. The number of carbonyl (C=O) groups excluding carboxylic acids is 1. The predicted molar refractivity (Wildman–Crippen MR) is 76.5 cm³/mol. The first kappa shape index (κ1) is 15.1. The third-order valence-corrected chi connectivity index (χ3v) is 4.48. The molecule has 0 aromatic carbocycles. The zero-order valence-electron chi connectivity index (χ0n) is 12.3. The smallest absolute Gasteiger partial charge is 0.323 e. The van der Waals surface area contributed by atoms with Crippen LogP contribution in [-0.2, 0) is 4.79 Å². The van der Waals surface area contributed by atoms with Crippen molar-refractivity contribution in [3.63, 3.8) is 0 Å². The van der Waals surface area contributed by atoms with Crippen LogP contribution in [-0.4, -0.2) is 41.1 Å². The van der Waals surface area contributed by atoms with Crippen molar-refractivity contribution in [2.45, 2.75) is 57.9 Å². The number of hydrogen-bond donors (Lipinski definition) is 2. The van der Waals surface area contributed by atoms with Crippen LogP contribution in [0.4, 0.5) is 4.79 Å². The summed E-state index contributed by atoms with van der Waals surface area (Å²) in [5.41, 5.74) is 0. The highest BCUT2D eigenvalue weighted by Crippen LogP contribution is 2.30. The second-order valence-electron chi connectivity index (χ2n) is 6.30. The van der Waals surface area contributed by atoms with E-state index in [4.69, 9.17) is 5.11 Å². The van der Waals surface area contributed by atoms with Gasteiger partial charge in [-0.1, -0.05) is 26.2 Å². The number of carbonyl (C=O) groups is 2. The average molecular weight is 282 g/mol. The average Bonchev–Trinajstić information content (AvgIpc) is 3.21.